The van der Waals surface area contributed by atoms with Gasteiger partial charge in [-0.2, -0.15) is 0 Å². The number of ether oxygens (including phenoxy) is 2. The predicted octanol–water partition coefficient (Wildman–Crippen LogP) is 4.22. The molecule has 0 radical (unpaired) electrons. The topological polar surface area (TPSA) is 67.9 Å². The summed E-state index contributed by atoms with van der Waals surface area (Å²) in [5.74, 6) is 1.56. The van der Waals surface area contributed by atoms with Gasteiger partial charge in [-0.25, -0.2) is 9.59 Å². The van der Waals surface area contributed by atoms with Crippen LogP contribution in [-0.2, 0) is 9.53 Å². The van der Waals surface area contributed by atoms with Gasteiger partial charge in [-0.15, -0.1) is 11.8 Å². The molecule has 2 unspecified atom stereocenters. The van der Waals surface area contributed by atoms with Crippen LogP contribution in [0.4, 0.5) is 10.5 Å². The molecule has 0 spiro atoms. The van der Waals surface area contributed by atoms with E-state index in [-0.39, 0.29) is 23.3 Å². The number of rotatable bonds is 7. The molecule has 27 heavy (non-hydrogen) atoms. The van der Waals surface area contributed by atoms with Crippen LogP contribution in [-0.4, -0.2) is 47.8 Å². The van der Waals surface area contributed by atoms with Crippen molar-refractivity contribution in [1.82, 2.24) is 4.90 Å². The van der Waals surface area contributed by atoms with Crippen LogP contribution in [0.3, 0.4) is 0 Å². The maximum absolute atomic E-state index is 13.0. The minimum Gasteiger partial charge on any atom is -0.497 e. The minimum atomic E-state index is -0.567. The Labute approximate surface area is 166 Å². The van der Waals surface area contributed by atoms with Crippen LogP contribution in [0.1, 0.15) is 34.1 Å². The summed E-state index contributed by atoms with van der Waals surface area (Å²) in [6.45, 7) is 8.57. The van der Waals surface area contributed by atoms with Crippen molar-refractivity contribution >= 4 is 29.4 Å². The van der Waals surface area contributed by atoms with Crippen molar-refractivity contribution in [3.8, 4) is 5.75 Å². The highest BCUT2D eigenvalue weighted by Gasteiger charge is 2.42. The summed E-state index contributed by atoms with van der Waals surface area (Å²) in [5, 5.41) is 2.85. The number of nitrogens with one attached hydrogen (secondary N) is 1. The zero-order valence-electron chi connectivity index (χ0n) is 16.7. The molecule has 1 saturated heterocycles. The van der Waals surface area contributed by atoms with Gasteiger partial charge in [0.25, 0.3) is 0 Å². The van der Waals surface area contributed by atoms with Crippen LogP contribution in [0.25, 0.3) is 0 Å². The second-order valence-electron chi connectivity index (χ2n) is 7.53. The summed E-state index contributed by atoms with van der Waals surface area (Å²) in [6.07, 6.45) is 0.824. The van der Waals surface area contributed by atoms with Crippen LogP contribution in [0, 0.1) is 11.8 Å². The maximum Gasteiger partial charge on any atom is 0.329 e. The molecule has 1 heterocycles. The summed E-state index contributed by atoms with van der Waals surface area (Å²) < 4.78 is 10.6. The van der Waals surface area contributed by atoms with Gasteiger partial charge in [-0.3, -0.25) is 4.90 Å². The highest BCUT2D eigenvalue weighted by Crippen LogP contribution is 2.34. The van der Waals surface area contributed by atoms with Gasteiger partial charge >= 0.3 is 12.0 Å². The van der Waals surface area contributed by atoms with Crippen molar-refractivity contribution in [3.63, 3.8) is 0 Å². The third-order valence-electron chi connectivity index (χ3n) is 4.15. The second kappa shape index (κ2) is 9.88. The number of benzene rings is 1. The Bertz CT molecular complexity index is 651. The molecule has 2 rings (SSSR count). The van der Waals surface area contributed by atoms with Crippen molar-refractivity contribution < 1.29 is 19.1 Å². The van der Waals surface area contributed by atoms with E-state index >= 15 is 0 Å². The lowest BCUT2D eigenvalue weighted by molar-refractivity contribution is -0.149. The van der Waals surface area contributed by atoms with Crippen molar-refractivity contribution in [2.24, 2.45) is 11.8 Å². The Balaban J connectivity index is 2.15. The Morgan fingerprint density at radius 3 is 2.63 bits per heavy atom. The number of nitrogens with zero attached hydrogens (tertiary/aromatic N) is 1. The number of amides is 2. The highest BCUT2D eigenvalue weighted by atomic mass is 32.2. The molecule has 1 N–H and O–H groups in total. The van der Waals surface area contributed by atoms with Crippen LogP contribution in [0.2, 0.25) is 0 Å². The van der Waals surface area contributed by atoms with Crippen LogP contribution < -0.4 is 10.1 Å². The standard InChI is InChI=1S/C20H30N2O4S/c1-13(2)9-18-22(17(12-27-18)19(23)26-11-14(3)4)20(24)21-15-7-6-8-16(10-15)25-5/h6-8,10,13-14,17-18H,9,11-12H2,1-5H3,(H,21,24). The van der Waals surface area contributed by atoms with Gasteiger partial charge in [-0.1, -0.05) is 33.8 Å². The zero-order valence-corrected chi connectivity index (χ0v) is 17.5. The van der Waals surface area contributed by atoms with Crippen LogP contribution in [0.5, 0.6) is 5.75 Å². The molecule has 1 aliphatic rings. The molecule has 6 nitrogen and oxygen atoms in total. The third-order valence-corrected chi connectivity index (χ3v) is 5.46. The van der Waals surface area contributed by atoms with E-state index in [1.54, 1.807) is 35.9 Å². The van der Waals surface area contributed by atoms with E-state index in [2.05, 4.69) is 19.2 Å². The summed E-state index contributed by atoms with van der Waals surface area (Å²) >= 11 is 1.64. The van der Waals surface area contributed by atoms with E-state index in [4.69, 9.17) is 9.47 Å². The maximum atomic E-state index is 13.0. The molecule has 0 saturated carbocycles. The molecular weight excluding hydrogens is 364 g/mol. The van der Waals surface area contributed by atoms with Gasteiger partial charge in [0.2, 0.25) is 0 Å². The smallest absolute Gasteiger partial charge is 0.329 e. The number of hydrogen-bond acceptors (Lipinski definition) is 5. The molecule has 2 amide bonds. The number of esters is 1. The lowest BCUT2D eigenvalue weighted by Gasteiger charge is -2.29. The highest BCUT2D eigenvalue weighted by molar-refractivity contribution is 8.00. The summed E-state index contributed by atoms with van der Waals surface area (Å²) in [5.41, 5.74) is 0.633. The average Bonchev–Trinajstić information content (AvgIpc) is 3.02. The number of urea groups is 1. The number of anilines is 1. The van der Waals surface area contributed by atoms with Gasteiger partial charge < -0.3 is 14.8 Å². The van der Waals surface area contributed by atoms with Crippen molar-refractivity contribution in [3.05, 3.63) is 24.3 Å². The monoisotopic (exact) mass is 394 g/mol. The zero-order chi connectivity index (χ0) is 20.0. The SMILES string of the molecule is COc1cccc(NC(=O)N2C(CC(C)C)SCC2C(=O)OCC(C)C)c1. The first kappa shape index (κ1) is 21.4. The molecule has 0 aliphatic carbocycles. The lowest BCUT2D eigenvalue weighted by atomic mass is 10.1. The summed E-state index contributed by atoms with van der Waals surface area (Å²) in [6, 6.07) is 6.33. The van der Waals surface area contributed by atoms with E-state index in [0.29, 0.717) is 29.7 Å². The number of hydrogen-bond donors (Lipinski definition) is 1. The molecule has 0 aromatic heterocycles. The summed E-state index contributed by atoms with van der Waals surface area (Å²) in [7, 11) is 1.58. The molecular formula is C20H30N2O4S. The average molecular weight is 395 g/mol. The van der Waals surface area contributed by atoms with Gasteiger partial charge in [0.1, 0.15) is 11.8 Å². The minimum absolute atomic E-state index is 0.0489. The van der Waals surface area contributed by atoms with Crippen molar-refractivity contribution in [1.29, 1.82) is 0 Å². The molecule has 1 aromatic rings. The first-order valence-corrected chi connectivity index (χ1v) is 10.4. The number of carbonyl (C=O) groups is 2. The Morgan fingerprint density at radius 1 is 1.26 bits per heavy atom. The summed E-state index contributed by atoms with van der Waals surface area (Å²) in [4.78, 5) is 27.2. The molecule has 1 aromatic carbocycles. The Hall–Kier alpha value is -1.89. The van der Waals surface area contributed by atoms with E-state index in [9.17, 15) is 9.59 Å². The van der Waals surface area contributed by atoms with Crippen molar-refractivity contribution in [2.45, 2.75) is 45.5 Å². The number of thioether (sulfide) groups is 1. The Kier molecular flexibility index (Phi) is 7.83. The predicted molar refractivity (Wildman–Crippen MR) is 109 cm³/mol. The first-order valence-electron chi connectivity index (χ1n) is 9.33. The van der Waals surface area contributed by atoms with Crippen LogP contribution >= 0.6 is 11.8 Å². The lowest BCUT2D eigenvalue weighted by Crippen LogP contribution is -2.48. The fourth-order valence-corrected chi connectivity index (χ4v) is 4.46. The van der Waals surface area contributed by atoms with E-state index in [0.717, 1.165) is 6.42 Å². The Morgan fingerprint density at radius 2 is 2.00 bits per heavy atom. The molecule has 1 fully saturated rings. The fourth-order valence-electron chi connectivity index (χ4n) is 2.84. The van der Waals surface area contributed by atoms with E-state index in [1.165, 1.54) is 0 Å². The fraction of sp³-hybridized carbons (Fsp3) is 0.600. The molecule has 2 atom stereocenters. The van der Waals surface area contributed by atoms with Gasteiger partial charge in [-0.05, 0) is 30.4 Å². The quantitative estimate of drug-likeness (QED) is 0.702. The van der Waals surface area contributed by atoms with Gasteiger partial charge in [0.15, 0.2) is 0 Å². The van der Waals surface area contributed by atoms with E-state index in [1.807, 2.05) is 26.0 Å². The number of methoxy groups -OCH3 is 1. The normalized spacial score (nSPS) is 19.4. The third kappa shape index (κ3) is 6.06. The molecule has 7 heteroatoms. The molecule has 1 aliphatic heterocycles. The second-order valence-corrected chi connectivity index (χ2v) is 8.74. The van der Waals surface area contributed by atoms with Crippen LogP contribution in [0.15, 0.2) is 24.3 Å². The van der Waals surface area contributed by atoms with Crippen molar-refractivity contribution in [2.75, 3.05) is 24.8 Å². The van der Waals surface area contributed by atoms with Gasteiger partial charge in [0, 0.05) is 17.5 Å². The van der Waals surface area contributed by atoms with E-state index < -0.39 is 6.04 Å². The molecule has 0 bridgehead atoms. The number of carbonyl (C=O) groups excluding carboxylic acids is 2. The first-order chi connectivity index (χ1) is 12.8. The molecule has 150 valence electrons. The largest absolute Gasteiger partial charge is 0.497 e. The van der Waals surface area contributed by atoms with Gasteiger partial charge in [0.05, 0.1) is 19.1 Å².